The van der Waals surface area contributed by atoms with Gasteiger partial charge in [-0.15, -0.1) is 0 Å². The Balaban J connectivity index is 0.856. The summed E-state index contributed by atoms with van der Waals surface area (Å²) in [5.41, 5.74) is 4.17. The number of nitrogens with one attached hydrogen (secondary N) is 3. The highest BCUT2D eigenvalue weighted by molar-refractivity contribution is 6.26. The lowest BCUT2D eigenvalue weighted by atomic mass is 9.93. The second kappa shape index (κ2) is 16.3. The SMILES string of the molecule is CC(=O)c1cccc2c(NCCC[n+]3ccn(CCCCCNc4ccc5c6c(cccc46)C(=O)N(CCC[n+]4cc[nH]c4)C5=O)c3)ccc(C(C)=O)c12. The highest BCUT2D eigenvalue weighted by Gasteiger charge is 2.33. The number of ketones is 2. The van der Waals surface area contributed by atoms with E-state index in [4.69, 9.17) is 0 Å². The van der Waals surface area contributed by atoms with Gasteiger partial charge in [-0.2, -0.15) is 0 Å². The lowest BCUT2D eigenvalue weighted by molar-refractivity contribution is -0.696. The number of anilines is 2. The van der Waals surface area contributed by atoms with Gasteiger partial charge in [0.15, 0.2) is 11.6 Å². The van der Waals surface area contributed by atoms with Crippen LogP contribution in [0.15, 0.2) is 98.1 Å². The van der Waals surface area contributed by atoms with Gasteiger partial charge in [0.1, 0.15) is 24.8 Å². The second-order valence-electron chi connectivity index (χ2n) is 14.0. The van der Waals surface area contributed by atoms with Crippen molar-refractivity contribution in [3.8, 4) is 0 Å². The van der Waals surface area contributed by atoms with Crippen molar-refractivity contribution in [3.05, 3.63) is 120 Å². The first-order valence-electron chi connectivity index (χ1n) is 18.8. The number of hydrogen-bond acceptors (Lipinski definition) is 6. The molecule has 0 fully saturated rings. The average molecular weight is 726 g/mol. The van der Waals surface area contributed by atoms with Gasteiger partial charge in [-0.3, -0.25) is 29.1 Å². The zero-order valence-corrected chi connectivity index (χ0v) is 30.9. The molecule has 0 unspecified atom stereocenters. The number of unbranched alkanes of at least 4 members (excludes halogenated alkanes) is 2. The molecule has 0 bridgehead atoms. The van der Waals surface area contributed by atoms with Crippen molar-refractivity contribution in [1.29, 1.82) is 0 Å². The number of aromatic amines is 1. The fraction of sp³-hybridized carbons (Fsp3) is 0.302. The standard InChI is InChI=1S/C43H45N7O4/c1-30(51)32-10-6-11-34-38(16-14-33(31(2)52)40(32)34)46-19-8-22-49-27-26-48(29-49)21-5-3-4-18-45-39-17-15-37-41-35(39)12-7-13-36(41)42(53)50(43(37)54)24-9-23-47-25-20-44-28-47/h6-7,10-17,20,25-29H,3-5,8-9,18-19,21-24H2,1-2H3,(H-,45,46,51,52,53,54)/p+2. The molecule has 1 aliphatic heterocycles. The molecule has 2 aromatic heterocycles. The number of fused-ring (bicyclic) bond motifs is 1. The number of carbonyl (C=O) groups is 4. The van der Waals surface area contributed by atoms with Crippen LogP contribution < -0.4 is 19.8 Å². The van der Waals surface area contributed by atoms with Gasteiger partial charge in [0, 0.05) is 87.6 Å². The van der Waals surface area contributed by atoms with Crippen LogP contribution in [0.5, 0.6) is 0 Å². The van der Waals surface area contributed by atoms with E-state index in [1.807, 2.05) is 77.9 Å². The molecular weight excluding hydrogens is 679 g/mol. The van der Waals surface area contributed by atoms with Crippen molar-refractivity contribution >= 4 is 56.3 Å². The van der Waals surface area contributed by atoms with E-state index in [1.54, 1.807) is 6.07 Å². The first-order chi connectivity index (χ1) is 26.3. The van der Waals surface area contributed by atoms with Crippen molar-refractivity contribution in [1.82, 2.24) is 14.5 Å². The van der Waals surface area contributed by atoms with E-state index in [0.29, 0.717) is 35.2 Å². The number of H-pyrrole nitrogens is 1. The third-order valence-corrected chi connectivity index (χ3v) is 10.3. The molecule has 11 heteroatoms. The first kappa shape index (κ1) is 36.3. The van der Waals surface area contributed by atoms with Gasteiger partial charge in [-0.05, 0) is 63.4 Å². The number of hydrogen-bond donors (Lipinski definition) is 3. The number of amides is 2. The van der Waals surface area contributed by atoms with Gasteiger partial charge in [-0.1, -0.05) is 30.3 Å². The number of Topliss-reactive ketones (excluding diaryl/α,β-unsaturated/α-hetero) is 2. The normalized spacial score (nSPS) is 12.5. The molecule has 0 radical (unpaired) electrons. The Labute approximate surface area is 314 Å². The highest BCUT2D eigenvalue weighted by atomic mass is 16.2. The minimum absolute atomic E-state index is 0.0531. The zero-order valence-electron chi connectivity index (χ0n) is 30.9. The van der Waals surface area contributed by atoms with Crippen molar-refractivity contribution in [3.63, 3.8) is 0 Å². The van der Waals surface area contributed by atoms with E-state index in [-0.39, 0.29) is 23.4 Å². The summed E-state index contributed by atoms with van der Waals surface area (Å²) in [7, 11) is 0. The summed E-state index contributed by atoms with van der Waals surface area (Å²) in [6.45, 7) is 7.51. The Morgan fingerprint density at radius 2 is 1.33 bits per heavy atom. The predicted octanol–water partition coefficient (Wildman–Crippen LogP) is 6.57. The average Bonchev–Trinajstić information content (AvgIpc) is 3.87. The summed E-state index contributed by atoms with van der Waals surface area (Å²) in [6, 6.07) is 18.9. The van der Waals surface area contributed by atoms with E-state index in [9.17, 15) is 19.2 Å². The van der Waals surface area contributed by atoms with Crippen molar-refractivity contribution in [2.75, 3.05) is 30.3 Å². The largest absolute Gasteiger partial charge is 0.385 e. The summed E-state index contributed by atoms with van der Waals surface area (Å²) in [5, 5.41) is 10.3. The minimum Gasteiger partial charge on any atom is -0.385 e. The molecule has 0 atom stereocenters. The molecule has 7 rings (SSSR count). The summed E-state index contributed by atoms with van der Waals surface area (Å²) in [6.07, 6.45) is 16.7. The lowest BCUT2D eigenvalue weighted by Crippen LogP contribution is -2.42. The molecule has 0 spiro atoms. The Morgan fingerprint density at radius 3 is 2.07 bits per heavy atom. The van der Waals surface area contributed by atoms with Crippen molar-refractivity contribution < 1.29 is 28.3 Å². The minimum atomic E-state index is -0.228. The zero-order chi connectivity index (χ0) is 37.6. The van der Waals surface area contributed by atoms with Gasteiger partial charge < -0.3 is 10.6 Å². The number of imide groups is 1. The number of nitrogens with zero attached hydrogens (tertiary/aromatic N) is 4. The molecule has 4 aromatic carbocycles. The predicted molar refractivity (Wildman–Crippen MR) is 209 cm³/mol. The molecule has 6 aromatic rings. The summed E-state index contributed by atoms with van der Waals surface area (Å²) >= 11 is 0. The maximum absolute atomic E-state index is 13.4. The van der Waals surface area contributed by atoms with Crippen LogP contribution in [-0.2, 0) is 19.6 Å². The molecule has 276 valence electrons. The molecular formula is C43H47N7O4+2. The van der Waals surface area contributed by atoms with E-state index >= 15 is 0 Å². The third-order valence-electron chi connectivity index (χ3n) is 10.3. The molecule has 0 saturated heterocycles. The number of aryl methyl sites for hydroxylation is 3. The van der Waals surface area contributed by atoms with Gasteiger partial charge >= 0.3 is 0 Å². The smallest absolute Gasteiger partial charge is 0.261 e. The van der Waals surface area contributed by atoms with E-state index in [2.05, 4.69) is 43.5 Å². The van der Waals surface area contributed by atoms with E-state index < -0.39 is 0 Å². The Kier molecular flexibility index (Phi) is 10.9. The number of benzene rings is 4. The van der Waals surface area contributed by atoms with Crippen LogP contribution in [0.4, 0.5) is 11.4 Å². The highest BCUT2D eigenvalue weighted by Crippen LogP contribution is 2.35. The summed E-state index contributed by atoms with van der Waals surface area (Å²) < 4.78 is 6.42. The van der Waals surface area contributed by atoms with Gasteiger partial charge in [0.25, 0.3) is 11.8 Å². The first-order valence-corrected chi connectivity index (χ1v) is 18.8. The molecule has 0 saturated carbocycles. The fourth-order valence-electron chi connectivity index (χ4n) is 7.53. The van der Waals surface area contributed by atoms with E-state index in [1.165, 1.54) is 18.7 Å². The van der Waals surface area contributed by atoms with Crippen LogP contribution in [0.3, 0.4) is 0 Å². The molecule has 3 N–H and O–H groups in total. The Hall–Kier alpha value is -6.10. The summed E-state index contributed by atoms with van der Waals surface area (Å²) in [5.74, 6) is -0.563. The molecule has 2 amide bonds. The number of rotatable bonds is 18. The maximum atomic E-state index is 13.4. The maximum Gasteiger partial charge on any atom is 0.261 e. The third kappa shape index (κ3) is 7.66. The quantitative estimate of drug-likeness (QED) is 0.0399. The molecule has 1 aliphatic rings. The van der Waals surface area contributed by atoms with Crippen LogP contribution in [-0.4, -0.2) is 57.5 Å². The number of carbonyl (C=O) groups excluding carboxylic acids is 4. The van der Waals surface area contributed by atoms with Gasteiger partial charge in [-0.25, -0.2) is 13.7 Å². The van der Waals surface area contributed by atoms with Crippen LogP contribution in [0.2, 0.25) is 0 Å². The Bertz CT molecular complexity index is 2300. The van der Waals surface area contributed by atoms with Crippen molar-refractivity contribution in [2.24, 2.45) is 0 Å². The summed E-state index contributed by atoms with van der Waals surface area (Å²) in [4.78, 5) is 55.9. The van der Waals surface area contributed by atoms with Gasteiger partial charge in [0.05, 0.1) is 19.6 Å². The number of imidazole rings is 2. The van der Waals surface area contributed by atoms with Crippen LogP contribution >= 0.6 is 0 Å². The van der Waals surface area contributed by atoms with Gasteiger partial charge in [0.2, 0.25) is 12.7 Å². The van der Waals surface area contributed by atoms with Crippen LogP contribution in [0, 0.1) is 0 Å². The van der Waals surface area contributed by atoms with Crippen LogP contribution in [0.25, 0.3) is 21.5 Å². The van der Waals surface area contributed by atoms with Crippen LogP contribution in [0.1, 0.15) is 87.4 Å². The number of aromatic nitrogens is 4. The molecule has 54 heavy (non-hydrogen) atoms. The Morgan fingerprint density at radius 1 is 0.667 bits per heavy atom. The second-order valence-corrected chi connectivity index (χ2v) is 14.0. The molecule has 0 aliphatic carbocycles. The lowest BCUT2D eigenvalue weighted by Gasteiger charge is -2.27. The van der Waals surface area contributed by atoms with Crippen molar-refractivity contribution in [2.45, 2.75) is 65.6 Å². The fourth-order valence-corrected chi connectivity index (χ4v) is 7.53. The van der Waals surface area contributed by atoms with E-state index in [0.717, 1.165) is 91.3 Å². The monoisotopic (exact) mass is 725 g/mol. The molecule has 11 nitrogen and oxygen atoms in total. The molecule has 3 heterocycles. The topological polar surface area (TPSA) is 124 Å².